The molecule has 1 unspecified atom stereocenters. The summed E-state index contributed by atoms with van der Waals surface area (Å²) in [7, 11) is -2.18. The van der Waals surface area contributed by atoms with Gasteiger partial charge in [0.2, 0.25) is 10.0 Å². The summed E-state index contributed by atoms with van der Waals surface area (Å²) in [6.07, 6.45) is 2.36. The van der Waals surface area contributed by atoms with Gasteiger partial charge in [0.25, 0.3) is 0 Å². The van der Waals surface area contributed by atoms with Crippen LogP contribution in [0, 0.1) is 0 Å². The summed E-state index contributed by atoms with van der Waals surface area (Å²) >= 11 is 0. The van der Waals surface area contributed by atoms with Crippen LogP contribution in [0.5, 0.6) is 0 Å². The summed E-state index contributed by atoms with van der Waals surface area (Å²) in [5, 5.41) is 12.3. The van der Waals surface area contributed by atoms with E-state index in [0.717, 1.165) is 0 Å². The van der Waals surface area contributed by atoms with Crippen LogP contribution in [0.25, 0.3) is 0 Å². The molecule has 108 valence electrons. The van der Waals surface area contributed by atoms with E-state index >= 15 is 0 Å². The van der Waals surface area contributed by atoms with E-state index in [1.807, 2.05) is 0 Å². The van der Waals surface area contributed by atoms with E-state index in [4.69, 9.17) is 9.84 Å². The molecule has 1 aromatic rings. The van der Waals surface area contributed by atoms with Gasteiger partial charge in [0.05, 0.1) is 25.8 Å². The molecule has 0 aromatic carbocycles. The molecular weight excluding hydrogens is 274 g/mol. The van der Waals surface area contributed by atoms with Crippen LogP contribution in [0.4, 0.5) is 0 Å². The second-order valence-electron chi connectivity index (χ2n) is 4.06. The number of methoxy groups -OCH3 is 1. The third kappa shape index (κ3) is 4.97. The number of nitrogens with zero attached hydrogens (tertiary/aromatic N) is 2. The molecule has 9 heteroatoms. The van der Waals surface area contributed by atoms with Gasteiger partial charge in [0.15, 0.2) is 0 Å². The Morgan fingerprint density at radius 1 is 1.63 bits per heavy atom. The summed E-state index contributed by atoms with van der Waals surface area (Å²) in [5.74, 6) is -0.966. The molecule has 0 radical (unpaired) electrons. The maximum Gasteiger partial charge on any atom is 0.305 e. The zero-order valence-electron chi connectivity index (χ0n) is 10.7. The van der Waals surface area contributed by atoms with Crippen molar-refractivity contribution in [2.75, 3.05) is 13.7 Å². The first-order valence-electron chi connectivity index (χ1n) is 5.60. The molecule has 0 amide bonds. The summed E-state index contributed by atoms with van der Waals surface area (Å²) in [6.45, 7) is 2.06. The third-order valence-electron chi connectivity index (χ3n) is 2.25. The molecule has 0 spiro atoms. The van der Waals surface area contributed by atoms with Crippen molar-refractivity contribution in [2.45, 2.75) is 30.8 Å². The molecule has 0 fully saturated rings. The lowest BCUT2D eigenvalue weighted by Crippen LogP contribution is -2.35. The average Bonchev–Trinajstić information content (AvgIpc) is 2.75. The number of aromatic nitrogens is 2. The lowest BCUT2D eigenvalue weighted by atomic mass is 10.4. The number of rotatable bonds is 8. The fourth-order valence-electron chi connectivity index (χ4n) is 1.43. The third-order valence-corrected chi connectivity index (χ3v) is 3.79. The molecule has 1 rings (SSSR count). The topological polar surface area (TPSA) is 111 Å². The van der Waals surface area contributed by atoms with Crippen LogP contribution in [-0.2, 0) is 26.1 Å². The summed E-state index contributed by atoms with van der Waals surface area (Å²) in [5.41, 5.74) is 0. The highest BCUT2D eigenvalue weighted by Gasteiger charge is 2.19. The minimum Gasteiger partial charge on any atom is -0.481 e. The molecular formula is C10H17N3O5S. The molecule has 0 aliphatic heterocycles. The number of carboxylic acid groups (broad SMARTS) is 1. The predicted molar refractivity (Wildman–Crippen MR) is 66.1 cm³/mol. The van der Waals surface area contributed by atoms with Crippen molar-refractivity contribution in [2.24, 2.45) is 0 Å². The SMILES string of the molecule is COCC(C)NS(=O)(=O)c1cnn(CCC(=O)O)c1. The van der Waals surface area contributed by atoms with Gasteiger partial charge in [-0.05, 0) is 6.92 Å². The number of aryl methyl sites for hydroxylation is 1. The molecule has 2 N–H and O–H groups in total. The first-order chi connectivity index (χ1) is 8.85. The van der Waals surface area contributed by atoms with Gasteiger partial charge in [0, 0.05) is 19.3 Å². The van der Waals surface area contributed by atoms with E-state index in [1.54, 1.807) is 6.92 Å². The number of hydrogen-bond acceptors (Lipinski definition) is 5. The lowest BCUT2D eigenvalue weighted by Gasteiger charge is -2.11. The highest BCUT2D eigenvalue weighted by atomic mass is 32.2. The zero-order valence-corrected chi connectivity index (χ0v) is 11.6. The minimum absolute atomic E-state index is 0.000779. The van der Waals surface area contributed by atoms with Crippen molar-refractivity contribution in [3.8, 4) is 0 Å². The van der Waals surface area contributed by atoms with Gasteiger partial charge >= 0.3 is 5.97 Å². The summed E-state index contributed by atoms with van der Waals surface area (Å²) in [4.78, 5) is 10.4. The molecule has 0 aliphatic rings. The van der Waals surface area contributed by atoms with Gasteiger partial charge in [-0.3, -0.25) is 9.48 Å². The molecule has 1 atom stereocenters. The van der Waals surface area contributed by atoms with Crippen molar-refractivity contribution >= 4 is 16.0 Å². The fourth-order valence-corrected chi connectivity index (χ4v) is 2.61. The van der Waals surface area contributed by atoms with Gasteiger partial charge in [-0.15, -0.1) is 0 Å². The molecule has 19 heavy (non-hydrogen) atoms. The Morgan fingerprint density at radius 3 is 2.89 bits per heavy atom. The van der Waals surface area contributed by atoms with E-state index in [0.29, 0.717) is 0 Å². The van der Waals surface area contributed by atoms with Crippen LogP contribution in [0.2, 0.25) is 0 Å². The standard InChI is InChI=1S/C10H17N3O5S/c1-8(7-18-2)12-19(16,17)9-5-11-13(6-9)4-3-10(14)15/h5-6,8,12H,3-4,7H2,1-2H3,(H,14,15). The molecule has 1 heterocycles. The molecule has 1 aromatic heterocycles. The van der Waals surface area contributed by atoms with Crippen LogP contribution < -0.4 is 4.72 Å². The smallest absolute Gasteiger partial charge is 0.305 e. The van der Waals surface area contributed by atoms with E-state index in [-0.39, 0.29) is 30.5 Å². The Bertz CT molecular complexity index is 525. The van der Waals surface area contributed by atoms with Crippen molar-refractivity contribution < 1.29 is 23.1 Å². The minimum atomic E-state index is -3.66. The Balaban J connectivity index is 2.71. The lowest BCUT2D eigenvalue weighted by molar-refractivity contribution is -0.137. The molecule has 0 bridgehead atoms. The van der Waals surface area contributed by atoms with E-state index in [9.17, 15) is 13.2 Å². The van der Waals surface area contributed by atoms with Gasteiger partial charge in [-0.25, -0.2) is 13.1 Å². The number of carboxylic acids is 1. The number of hydrogen-bond donors (Lipinski definition) is 2. The Labute approximate surface area is 111 Å². The number of nitrogens with one attached hydrogen (secondary N) is 1. The highest BCUT2D eigenvalue weighted by Crippen LogP contribution is 2.08. The number of carbonyl (C=O) groups is 1. The second-order valence-corrected chi connectivity index (χ2v) is 5.77. The van der Waals surface area contributed by atoms with E-state index in [2.05, 4.69) is 9.82 Å². The van der Waals surface area contributed by atoms with Crippen molar-refractivity contribution in [1.82, 2.24) is 14.5 Å². The zero-order chi connectivity index (χ0) is 14.5. The number of aliphatic carboxylic acids is 1. The first kappa shape index (κ1) is 15.6. The van der Waals surface area contributed by atoms with Crippen LogP contribution in [0.15, 0.2) is 17.3 Å². The van der Waals surface area contributed by atoms with E-state index < -0.39 is 16.0 Å². The van der Waals surface area contributed by atoms with Crippen molar-refractivity contribution in [1.29, 1.82) is 0 Å². The molecule has 0 aliphatic carbocycles. The van der Waals surface area contributed by atoms with Crippen LogP contribution in [0.3, 0.4) is 0 Å². The fraction of sp³-hybridized carbons (Fsp3) is 0.600. The predicted octanol–water partition coefficient (Wildman–Crippen LogP) is -0.329. The highest BCUT2D eigenvalue weighted by molar-refractivity contribution is 7.89. The maximum atomic E-state index is 11.9. The van der Waals surface area contributed by atoms with Crippen LogP contribution >= 0.6 is 0 Å². The largest absolute Gasteiger partial charge is 0.481 e. The molecule has 0 saturated heterocycles. The van der Waals surface area contributed by atoms with Gasteiger partial charge in [-0.2, -0.15) is 5.10 Å². The van der Waals surface area contributed by atoms with Crippen LogP contribution in [-0.4, -0.2) is 49.0 Å². The maximum absolute atomic E-state index is 11.9. The van der Waals surface area contributed by atoms with Gasteiger partial charge in [-0.1, -0.05) is 0 Å². The molecule has 0 saturated carbocycles. The van der Waals surface area contributed by atoms with Crippen LogP contribution in [0.1, 0.15) is 13.3 Å². The quantitative estimate of drug-likeness (QED) is 0.678. The second kappa shape index (κ2) is 6.64. The Hall–Kier alpha value is -1.45. The number of sulfonamides is 1. The Kier molecular flexibility index (Phi) is 5.45. The van der Waals surface area contributed by atoms with Gasteiger partial charge in [0.1, 0.15) is 4.90 Å². The van der Waals surface area contributed by atoms with Crippen molar-refractivity contribution in [3.63, 3.8) is 0 Å². The first-order valence-corrected chi connectivity index (χ1v) is 7.09. The monoisotopic (exact) mass is 291 g/mol. The Morgan fingerprint density at radius 2 is 2.32 bits per heavy atom. The number of ether oxygens (including phenoxy) is 1. The normalized spacial score (nSPS) is 13.4. The van der Waals surface area contributed by atoms with Crippen molar-refractivity contribution in [3.05, 3.63) is 12.4 Å². The molecule has 8 nitrogen and oxygen atoms in total. The summed E-state index contributed by atoms with van der Waals surface area (Å²) < 4.78 is 32.4. The van der Waals surface area contributed by atoms with E-state index in [1.165, 1.54) is 24.2 Å². The average molecular weight is 291 g/mol. The van der Waals surface area contributed by atoms with Gasteiger partial charge < -0.3 is 9.84 Å². The summed E-state index contributed by atoms with van der Waals surface area (Å²) in [6, 6.07) is -0.364.